The molecule has 4 fully saturated rings. The number of halogens is 2. The van der Waals surface area contributed by atoms with Gasteiger partial charge in [0.15, 0.2) is 0 Å². The Labute approximate surface area is 110 Å². The first kappa shape index (κ1) is 13.4. The van der Waals surface area contributed by atoms with Gasteiger partial charge in [0.2, 0.25) is 0 Å². The van der Waals surface area contributed by atoms with Crippen molar-refractivity contribution in [3.05, 3.63) is 0 Å². The summed E-state index contributed by atoms with van der Waals surface area (Å²) in [5.74, 6) is 0.0704. The Balaban J connectivity index is 1.88. The minimum Gasteiger partial charge on any atom is -0.299 e. The fourth-order valence-electron chi connectivity index (χ4n) is 4.65. The quantitative estimate of drug-likeness (QED) is 0.810. The normalized spacial score (nSPS) is 41.8. The second kappa shape index (κ2) is 3.75. The smallest absolute Gasteiger partial charge is 0.299 e. The molecule has 0 radical (unpaired) electrons. The Kier molecular flexibility index (Phi) is 2.65. The second-order valence-electron chi connectivity index (χ2n) is 6.54. The van der Waals surface area contributed by atoms with Gasteiger partial charge in [-0.1, -0.05) is 0 Å². The van der Waals surface area contributed by atoms with Gasteiger partial charge in [-0.15, -0.1) is 0 Å². The molecule has 1 N–H and O–H groups in total. The summed E-state index contributed by atoms with van der Waals surface area (Å²) in [7, 11) is -5.38. The molecule has 0 saturated heterocycles. The topological polar surface area (TPSA) is 71.4 Å². The molecule has 0 spiro atoms. The van der Waals surface area contributed by atoms with Gasteiger partial charge in [-0.3, -0.25) is 9.35 Å². The van der Waals surface area contributed by atoms with Crippen LogP contribution in [0.4, 0.5) is 8.78 Å². The Bertz CT molecular complexity index is 510. The number of rotatable bonds is 3. The first-order valence-corrected chi connectivity index (χ1v) is 7.95. The molecule has 2 unspecified atom stereocenters. The summed E-state index contributed by atoms with van der Waals surface area (Å²) in [5.41, 5.74) is -0.788. The molecule has 0 amide bonds. The molecule has 0 aromatic heterocycles. The van der Waals surface area contributed by atoms with Crippen LogP contribution in [-0.2, 0) is 14.9 Å². The third kappa shape index (κ3) is 2.01. The van der Waals surface area contributed by atoms with Crippen LogP contribution in [0.5, 0.6) is 0 Å². The van der Waals surface area contributed by atoms with E-state index in [-0.39, 0.29) is 23.5 Å². The number of alkyl halides is 2. The predicted octanol–water partition coefficient (Wildman–Crippen LogP) is 2.25. The van der Waals surface area contributed by atoms with Crippen LogP contribution in [0.1, 0.15) is 38.5 Å². The zero-order chi connectivity index (χ0) is 14.1. The van der Waals surface area contributed by atoms with E-state index in [0.717, 1.165) is 12.8 Å². The van der Waals surface area contributed by atoms with Crippen LogP contribution in [0.3, 0.4) is 0 Å². The molecule has 0 aromatic carbocycles. The summed E-state index contributed by atoms with van der Waals surface area (Å²) in [6.45, 7) is 0. The van der Waals surface area contributed by atoms with Crippen molar-refractivity contribution >= 4 is 15.9 Å². The molecule has 0 aliphatic heterocycles. The summed E-state index contributed by atoms with van der Waals surface area (Å²) >= 11 is 0. The molecule has 0 heterocycles. The van der Waals surface area contributed by atoms with E-state index in [1.165, 1.54) is 0 Å². The number of carbonyl (C=O) groups is 1. The third-order valence-corrected chi connectivity index (χ3v) is 5.98. The molecule has 4 saturated carbocycles. The average molecular weight is 294 g/mol. The Morgan fingerprint density at radius 2 is 1.74 bits per heavy atom. The molecule has 4 aliphatic carbocycles. The predicted molar refractivity (Wildman–Crippen MR) is 62.1 cm³/mol. The monoisotopic (exact) mass is 294 g/mol. The number of hydrogen-bond donors (Lipinski definition) is 1. The summed E-state index contributed by atoms with van der Waals surface area (Å²) < 4.78 is 57.4. The van der Waals surface area contributed by atoms with Gasteiger partial charge in [0, 0.05) is 18.3 Å². The Morgan fingerprint density at radius 1 is 1.21 bits per heavy atom. The summed E-state index contributed by atoms with van der Waals surface area (Å²) in [5, 5.41) is -4.11. The number of ketones is 1. The fraction of sp³-hybridized carbons (Fsp3) is 0.917. The molecule has 19 heavy (non-hydrogen) atoms. The zero-order valence-electron chi connectivity index (χ0n) is 10.3. The number of carbonyl (C=O) groups excluding carboxylic acids is 1. The SMILES string of the molecule is O=C1C2CC3CC1CC(CC(F)(F)S(=O)(=O)O)(C3)C2. The lowest BCUT2D eigenvalue weighted by molar-refractivity contribution is -0.152. The molecule has 4 rings (SSSR count). The molecular weight excluding hydrogens is 278 g/mol. The van der Waals surface area contributed by atoms with Crippen molar-refractivity contribution in [2.75, 3.05) is 0 Å². The largest absolute Gasteiger partial charge is 0.370 e. The molecule has 4 nitrogen and oxygen atoms in total. The van der Waals surface area contributed by atoms with Crippen molar-refractivity contribution in [3.8, 4) is 0 Å². The van der Waals surface area contributed by atoms with Crippen LogP contribution in [0, 0.1) is 23.2 Å². The highest BCUT2D eigenvalue weighted by Gasteiger charge is 2.60. The van der Waals surface area contributed by atoms with Gasteiger partial charge >= 0.3 is 15.4 Å². The van der Waals surface area contributed by atoms with E-state index in [1.54, 1.807) is 0 Å². The number of hydrogen-bond acceptors (Lipinski definition) is 3. The van der Waals surface area contributed by atoms with E-state index >= 15 is 0 Å². The van der Waals surface area contributed by atoms with E-state index in [0.29, 0.717) is 19.3 Å². The molecule has 2 atom stereocenters. The van der Waals surface area contributed by atoms with Crippen LogP contribution in [0.15, 0.2) is 0 Å². The lowest BCUT2D eigenvalue weighted by Crippen LogP contribution is -2.53. The summed E-state index contributed by atoms with van der Waals surface area (Å²) in [6, 6.07) is 0. The molecule has 108 valence electrons. The van der Waals surface area contributed by atoms with Crippen LogP contribution in [0.2, 0.25) is 0 Å². The van der Waals surface area contributed by atoms with Gasteiger partial charge in [0.05, 0.1) is 0 Å². The van der Waals surface area contributed by atoms with E-state index in [9.17, 15) is 22.0 Å². The second-order valence-corrected chi connectivity index (χ2v) is 8.08. The first-order valence-electron chi connectivity index (χ1n) is 6.50. The maximum Gasteiger partial charge on any atom is 0.370 e. The highest BCUT2D eigenvalue weighted by atomic mass is 32.2. The van der Waals surface area contributed by atoms with Gasteiger partial charge in [-0.25, -0.2) is 0 Å². The molecule has 7 heteroatoms. The van der Waals surface area contributed by atoms with Crippen LogP contribution < -0.4 is 0 Å². The highest BCUT2D eigenvalue weighted by molar-refractivity contribution is 7.86. The minimum atomic E-state index is -5.38. The maximum absolute atomic E-state index is 13.6. The van der Waals surface area contributed by atoms with Crippen LogP contribution >= 0.6 is 0 Å². The van der Waals surface area contributed by atoms with Crippen molar-refractivity contribution in [1.82, 2.24) is 0 Å². The lowest BCUT2D eigenvalue weighted by Gasteiger charge is -2.56. The standard InChI is InChI=1S/C12H16F2O4S/c13-12(14,19(16,17)18)6-11-3-7-1-8(4-11)10(15)9(2-7)5-11/h7-9H,1-6H2,(H,16,17,18). The van der Waals surface area contributed by atoms with E-state index in [4.69, 9.17) is 4.55 Å². The van der Waals surface area contributed by atoms with Crippen molar-refractivity contribution in [2.24, 2.45) is 23.2 Å². The van der Waals surface area contributed by atoms with Crippen LogP contribution in [-0.4, -0.2) is 24.0 Å². The summed E-state index contributed by atoms with van der Waals surface area (Å²) in [4.78, 5) is 11.9. The van der Waals surface area contributed by atoms with E-state index in [2.05, 4.69) is 0 Å². The van der Waals surface area contributed by atoms with Gasteiger partial charge in [-0.2, -0.15) is 17.2 Å². The molecular formula is C12H16F2O4S. The third-order valence-electron chi connectivity index (χ3n) is 5.08. The Hall–Kier alpha value is -0.560. The van der Waals surface area contributed by atoms with Crippen molar-refractivity contribution < 1.29 is 26.5 Å². The Morgan fingerprint density at radius 3 is 2.21 bits per heavy atom. The average Bonchev–Trinajstić information content (AvgIpc) is 2.21. The minimum absolute atomic E-state index is 0.168. The van der Waals surface area contributed by atoms with E-state index in [1.807, 2.05) is 0 Å². The van der Waals surface area contributed by atoms with Gasteiger partial charge in [0.25, 0.3) is 0 Å². The first-order chi connectivity index (χ1) is 8.62. The van der Waals surface area contributed by atoms with E-state index < -0.39 is 27.2 Å². The molecule has 0 aromatic rings. The lowest BCUT2D eigenvalue weighted by atomic mass is 9.48. The van der Waals surface area contributed by atoms with Crippen molar-refractivity contribution in [3.63, 3.8) is 0 Å². The van der Waals surface area contributed by atoms with Gasteiger partial charge in [-0.05, 0) is 43.4 Å². The zero-order valence-corrected chi connectivity index (χ0v) is 11.1. The number of Topliss-reactive ketones (excluding diaryl/α,β-unsaturated/α-hetero) is 1. The fourth-order valence-corrected chi connectivity index (χ4v) is 5.14. The van der Waals surface area contributed by atoms with Crippen molar-refractivity contribution in [1.29, 1.82) is 0 Å². The van der Waals surface area contributed by atoms with Crippen LogP contribution in [0.25, 0.3) is 0 Å². The summed E-state index contributed by atoms with van der Waals surface area (Å²) in [6.07, 6.45) is 1.92. The molecule has 4 bridgehead atoms. The maximum atomic E-state index is 13.6. The van der Waals surface area contributed by atoms with Gasteiger partial charge in [0.1, 0.15) is 5.78 Å². The van der Waals surface area contributed by atoms with Crippen molar-refractivity contribution in [2.45, 2.75) is 43.8 Å². The highest BCUT2D eigenvalue weighted by Crippen LogP contribution is 2.61. The van der Waals surface area contributed by atoms with Gasteiger partial charge < -0.3 is 0 Å². The molecule has 4 aliphatic rings.